The van der Waals surface area contributed by atoms with Crippen LogP contribution in [0.1, 0.15) is 131 Å². The fraction of sp³-hybridized carbons (Fsp3) is 0.783. The molecule has 296 valence electrons. The lowest BCUT2D eigenvalue weighted by Crippen LogP contribution is -2.58. The fourth-order valence-corrected chi connectivity index (χ4v) is 14.4. The van der Waals surface area contributed by atoms with Gasteiger partial charge in [-0.3, -0.25) is 9.59 Å². The Morgan fingerprint density at radius 2 is 1.13 bits per heavy atom. The second-order valence-electron chi connectivity index (χ2n) is 19.7. The number of hydrogen-bond donors (Lipinski definition) is 4. The van der Waals surface area contributed by atoms with Gasteiger partial charge in [0.25, 0.3) is 0 Å². The van der Waals surface area contributed by atoms with E-state index in [1.807, 2.05) is 6.08 Å². The molecule has 6 unspecified atom stereocenters. The Hall–Kier alpha value is -2.62. The number of aliphatic hydroxyl groups excluding tert-OH is 2. The van der Waals surface area contributed by atoms with Crippen LogP contribution in [0.4, 0.5) is 0 Å². The molecule has 0 bridgehead atoms. The molecule has 6 saturated carbocycles. The van der Waals surface area contributed by atoms with Crippen molar-refractivity contribution in [3.05, 3.63) is 23.3 Å². The second-order valence-corrected chi connectivity index (χ2v) is 19.7. The van der Waals surface area contributed by atoms with Crippen LogP contribution in [-0.4, -0.2) is 68.0 Å². The van der Waals surface area contributed by atoms with Crippen molar-refractivity contribution in [3.8, 4) is 24.7 Å². The summed E-state index contributed by atoms with van der Waals surface area (Å²) in [7, 11) is 0. The maximum Gasteiger partial charge on any atom is 0.303 e. The topological polar surface area (TPSA) is 134 Å². The van der Waals surface area contributed by atoms with Gasteiger partial charge in [0.1, 0.15) is 23.4 Å². The number of carbonyl (C=O) groups excluding carboxylic acids is 2. The minimum Gasteiger partial charge on any atom is -0.462 e. The van der Waals surface area contributed by atoms with Crippen molar-refractivity contribution >= 4 is 11.9 Å². The molecule has 0 radical (unpaired) electrons. The zero-order valence-corrected chi connectivity index (χ0v) is 33.4. The molecule has 0 spiro atoms. The van der Waals surface area contributed by atoms with Gasteiger partial charge in [-0.05, 0) is 130 Å². The summed E-state index contributed by atoms with van der Waals surface area (Å²) in [6, 6.07) is 0. The van der Waals surface area contributed by atoms with E-state index in [0.29, 0.717) is 37.5 Å². The van der Waals surface area contributed by atoms with Crippen LogP contribution in [0.15, 0.2) is 23.3 Å². The van der Waals surface area contributed by atoms with Gasteiger partial charge in [-0.15, -0.1) is 12.8 Å². The molecule has 0 aromatic rings. The Balaban J connectivity index is 0.000000171. The Bertz CT molecular complexity index is 1680. The molecule has 4 N–H and O–H groups in total. The van der Waals surface area contributed by atoms with Crippen molar-refractivity contribution in [2.45, 2.75) is 167 Å². The summed E-state index contributed by atoms with van der Waals surface area (Å²) in [5.74, 6) is 6.45. The van der Waals surface area contributed by atoms with Crippen molar-refractivity contribution in [2.24, 2.45) is 57.2 Å². The summed E-state index contributed by atoms with van der Waals surface area (Å²) < 4.78 is 11.4. The van der Waals surface area contributed by atoms with Crippen molar-refractivity contribution in [2.75, 3.05) is 0 Å². The first-order valence-corrected chi connectivity index (χ1v) is 20.8. The van der Waals surface area contributed by atoms with Gasteiger partial charge in [0, 0.05) is 37.0 Å². The van der Waals surface area contributed by atoms with Gasteiger partial charge in [0.2, 0.25) is 0 Å². The summed E-state index contributed by atoms with van der Waals surface area (Å²) in [6.45, 7) is 11.8. The highest BCUT2D eigenvalue weighted by Crippen LogP contribution is 2.69. The van der Waals surface area contributed by atoms with Crippen LogP contribution < -0.4 is 0 Å². The number of aliphatic hydroxyl groups is 4. The third-order valence-corrected chi connectivity index (χ3v) is 17.6. The van der Waals surface area contributed by atoms with E-state index < -0.39 is 17.3 Å². The standard InChI is InChI=1S/C25H34O5.C21H30O3/c1-6-25(28)12-9-20-22-19(8-11-24(20,25)5)23(4)10-7-18(29-15(2)26)13-17(23)14-21(22)30-16(3)27;1-4-21(24)10-7-16-18-15(6-9-20(16,21)3)19(2)8-5-14(22)11-13(19)12-17(18)23/h1,14,18-22,28H,7-13H2,2-5H3;1,12,14-18,22-24H,5-11H2,2-3H3/t18-,19?,20?,21+,22?,23-,24-,25-;14-,15?,16?,17+,18?,19-,20-,21-/m00/s1. The van der Waals surface area contributed by atoms with E-state index in [1.54, 1.807) is 0 Å². The van der Waals surface area contributed by atoms with Crippen LogP contribution in [0.25, 0.3) is 0 Å². The zero-order valence-electron chi connectivity index (χ0n) is 33.4. The molecule has 0 saturated heterocycles. The lowest BCUT2D eigenvalue weighted by Gasteiger charge is -2.59. The number of carbonyl (C=O) groups is 2. The molecule has 8 nitrogen and oxygen atoms in total. The molecule has 0 amide bonds. The summed E-state index contributed by atoms with van der Waals surface area (Å²) >= 11 is 0. The second kappa shape index (κ2) is 13.5. The third kappa shape index (κ3) is 5.78. The van der Waals surface area contributed by atoms with Crippen molar-refractivity contribution < 1.29 is 39.5 Å². The van der Waals surface area contributed by atoms with Gasteiger partial charge in [-0.2, -0.15) is 0 Å². The van der Waals surface area contributed by atoms with E-state index in [2.05, 4.69) is 45.6 Å². The molecular weight excluding hydrogens is 680 g/mol. The van der Waals surface area contributed by atoms with E-state index in [-0.39, 0.29) is 75.6 Å². The number of rotatable bonds is 2. The molecule has 54 heavy (non-hydrogen) atoms. The van der Waals surface area contributed by atoms with Crippen LogP contribution >= 0.6 is 0 Å². The van der Waals surface area contributed by atoms with E-state index in [1.165, 1.54) is 25.0 Å². The van der Waals surface area contributed by atoms with Crippen molar-refractivity contribution in [1.82, 2.24) is 0 Å². The number of esters is 2. The molecule has 6 fully saturated rings. The molecule has 8 heteroatoms. The number of ether oxygens (including phenoxy) is 2. The highest BCUT2D eigenvalue weighted by atomic mass is 16.5. The lowest BCUT2D eigenvalue weighted by molar-refractivity contribution is -0.163. The van der Waals surface area contributed by atoms with E-state index in [4.69, 9.17) is 22.3 Å². The third-order valence-electron chi connectivity index (χ3n) is 17.6. The predicted octanol–water partition coefficient (Wildman–Crippen LogP) is 6.43. The largest absolute Gasteiger partial charge is 0.462 e. The summed E-state index contributed by atoms with van der Waals surface area (Å²) in [4.78, 5) is 23.5. The Kier molecular flexibility index (Phi) is 9.90. The Morgan fingerprint density at radius 1 is 0.648 bits per heavy atom. The van der Waals surface area contributed by atoms with Crippen LogP contribution in [0, 0.1) is 81.9 Å². The predicted molar refractivity (Wildman–Crippen MR) is 205 cm³/mol. The monoisotopic (exact) mass is 744 g/mol. The zero-order chi connectivity index (χ0) is 39.2. The van der Waals surface area contributed by atoms with Crippen LogP contribution in [0.3, 0.4) is 0 Å². The molecule has 0 aliphatic heterocycles. The normalized spacial score (nSPS) is 51.3. The van der Waals surface area contributed by atoms with Gasteiger partial charge in [-0.25, -0.2) is 0 Å². The van der Waals surface area contributed by atoms with E-state index in [9.17, 15) is 30.0 Å². The van der Waals surface area contributed by atoms with E-state index in [0.717, 1.165) is 64.2 Å². The van der Waals surface area contributed by atoms with Gasteiger partial charge >= 0.3 is 11.9 Å². The lowest BCUT2D eigenvalue weighted by atomic mass is 9.46. The quantitative estimate of drug-likeness (QED) is 0.145. The molecule has 16 atom stereocenters. The van der Waals surface area contributed by atoms with E-state index >= 15 is 0 Å². The number of hydrogen-bond acceptors (Lipinski definition) is 8. The fourth-order valence-electron chi connectivity index (χ4n) is 14.4. The van der Waals surface area contributed by atoms with Crippen LogP contribution in [0.5, 0.6) is 0 Å². The molecule has 8 aliphatic carbocycles. The molecular formula is C46H64O8. The van der Waals surface area contributed by atoms with Crippen LogP contribution in [-0.2, 0) is 19.1 Å². The summed E-state index contributed by atoms with van der Waals surface area (Å²) in [5.41, 5.74) is -0.197. The molecule has 0 aromatic carbocycles. The number of terminal acetylenes is 2. The molecule has 8 rings (SSSR count). The average Bonchev–Trinajstić information content (AvgIpc) is 3.55. The minimum absolute atomic E-state index is 0.00383. The highest BCUT2D eigenvalue weighted by Gasteiger charge is 2.67. The first-order valence-electron chi connectivity index (χ1n) is 20.8. The van der Waals surface area contributed by atoms with Crippen LogP contribution in [0.2, 0.25) is 0 Å². The van der Waals surface area contributed by atoms with Crippen molar-refractivity contribution in [3.63, 3.8) is 0 Å². The highest BCUT2D eigenvalue weighted by molar-refractivity contribution is 5.67. The molecule has 8 aliphatic rings. The number of fused-ring (bicyclic) bond motifs is 10. The maximum atomic E-state index is 12.0. The van der Waals surface area contributed by atoms with Gasteiger partial charge in [-0.1, -0.05) is 56.8 Å². The van der Waals surface area contributed by atoms with Gasteiger partial charge in [0.05, 0.1) is 12.2 Å². The SMILES string of the molecule is C#C[C@]1(O)CCC2C3C(CC[C@@]21C)[C@@]1(C)CC[C@H](O)CC1=C[C@H]3O.C#C[C@]1(O)CCC2C3C(CC[C@@]21C)[C@@]1(C)CC[C@H](OC(C)=O)CC1=C[C@H]3OC(C)=O. The molecule has 0 aromatic heterocycles. The van der Waals surface area contributed by atoms with Gasteiger partial charge in [0.15, 0.2) is 0 Å². The molecule has 0 heterocycles. The Labute approximate surface area is 322 Å². The first kappa shape index (κ1) is 39.6. The average molecular weight is 745 g/mol. The van der Waals surface area contributed by atoms with Gasteiger partial charge < -0.3 is 29.9 Å². The summed E-state index contributed by atoms with van der Waals surface area (Å²) in [5, 5.41) is 43.2. The smallest absolute Gasteiger partial charge is 0.303 e. The first-order chi connectivity index (χ1) is 25.3. The summed E-state index contributed by atoms with van der Waals surface area (Å²) in [6.07, 6.45) is 26.3. The maximum absolute atomic E-state index is 12.0. The van der Waals surface area contributed by atoms with Crippen molar-refractivity contribution in [1.29, 1.82) is 0 Å². The Morgan fingerprint density at radius 3 is 1.67 bits per heavy atom. The minimum atomic E-state index is -1.10.